The molecule has 0 fully saturated rings. The van der Waals surface area contributed by atoms with Crippen LogP contribution in [0.1, 0.15) is 15.9 Å². The van der Waals surface area contributed by atoms with Gasteiger partial charge in [0.15, 0.2) is 5.13 Å². The molecule has 0 saturated heterocycles. The van der Waals surface area contributed by atoms with E-state index in [-0.39, 0.29) is 18.3 Å². The fourth-order valence-electron chi connectivity index (χ4n) is 2.62. The number of amides is 1. The van der Waals surface area contributed by atoms with Gasteiger partial charge in [-0.25, -0.2) is 4.98 Å². The Balaban J connectivity index is 0.00000261. The van der Waals surface area contributed by atoms with Crippen LogP contribution in [0.4, 0.5) is 5.13 Å². The highest BCUT2D eigenvalue weighted by atomic mass is 127. The Morgan fingerprint density at radius 1 is 1.22 bits per heavy atom. The van der Waals surface area contributed by atoms with Crippen LogP contribution < -0.4 is 4.90 Å². The van der Waals surface area contributed by atoms with Crippen molar-refractivity contribution < 1.29 is 4.79 Å². The molecule has 0 unspecified atom stereocenters. The number of rotatable bonds is 5. The van der Waals surface area contributed by atoms with Gasteiger partial charge in [0.05, 0.1) is 15.8 Å². The van der Waals surface area contributed by atoms with Crippen LogP contribution in [0.3, 0.4) is 0 Å². The van der Waals surface area contributed by atoms with E-state index in [0.717, 1.165) is 25.9 Å². The number of thiazole rings is 1. The molecular formula is C19H20Cl2IN3OS. The predicted molar refractivity (Wildman–Crippen MR) is 126 cm³/mol. The van der Waals surface area contributed by atoms with E-state index < -0.39 is 0 Å². The van der Waals surface area contributed by atoms with Gasteiger partial charge in [-0.2, -0.15) is 0 Å². The molecule has 27 heavy (non-hydrogen) atoms. The lowest BCUT2D eigenvalue weighted by Crippen LogP contribution is -2.37. The smallest absolute Gasteiger partial charge is 0.261 e. The van der Waals surface area contributed by atoms with Crippen molar-refractivity contribution in [2.45, 2.75) is 6.92 Å². The third-order valence-electron chi connectivity index (χ3n) is 3.99. The Morgan fingerprint density at radius 2 is 1.93 bits per heavy atom. The third kappa shape index (κ3) is 5.12. The van der Waals surface area contributed by atoms with E-state index in [2.05, 4.69) is 27.5 Å². The van der Waals surface area contributed by atoms with Crippen LogP contribution in [0, 0.1) is 10.5 Å². The van der Waals surface area contributed by atoms with Crippen molar-refractivity contribution in [2.24, 2.45) is 0 Å². The quantitative estimate of drug-likeness (QED) is 0.405. The van der Waals surface area contributed by atoms with Crippen LogP contribution >= 0.6 is 57.9 Å². The van der Waals surface area contributed by atoms with E-state index in [1.165, 1.54) is 11.3 Å². The maximum absolute atomic E-state index is 13.3. The number of hydrogen-bond acceptors (Lipinski definition) is 4. The molecule has 0 aliphatic carbocycles. The molecule has 1 heterocycles. The Bertz CT molecular complexity index is 961. The molecule has 0 aliphatic rings. The lowest BCUT2D eigenvalue weighted by molar-refractivity contribution is 0.0984. The summed E-state index contributed by atoms with van der Waals surface area (Å²) in [5.41, 5.74) is 2.62. The summed E-state index contributed by atoms with van der Waals surface area (Å²) in [7, 11) is 3.99. The predicted octanol–water partition coefficient (Wildman–Crippen LogP) is 5.49. The van der Waals surface area contributed by atoms with Crippen molar-refractivity contribution in [3.8, 4) is 0 Å². The third-order valence-corrected chi connectivity index (χ3v) is 6.17. The topological polar surface area (TPSA) is 36.4 Å². The number of anilines is 1. The normalized spacial score (nSPS) is 10.9. The second kappa shape index (κ2) is 9.52. The number of fused-ring (bicyclic) bond motifs is 1. The van der Waals surface area contributed by atoms with Crippen molar-refractivity contribution in [1.82, 2.24) is 9.88 Å². The van der Waals surface area contributed by atoms with Gasteiger partial charge < -0.3 is 4.90 Å². The van der Waals surface area contributed by atoms with Crippen LogP contribution in [-0.2, 0) is 0 Å². The van der Waals surface area contributed by atoms with Gasteiger partial charge in [0.25, 0.3) is 5.91 Å². The van der Waals surface area contributed by atoms with Crippen molar-refractivity contribution in [1.29, 1.82) is 0 Å². The number of carbonyl (C=O) groups is 1. The first kappa shape index (κ1) is 22.4. The Labute approximate surface area is 188 Å². The minimum Gasteiger partial charge on any atom is -0.308 e. The molecule has 2 aromatic carbocycles. The van der Waals surface area contributed by atoms with Gasteiger partial charge in [0.1, 0.15) is 0 Å². The zero-order valence-corrected chi connectivity index (χ0v) is 19.7. The Morgan fingerprint density at radius 3 is 2.59 bits per heavy atom. The van der Waals surface area contributed by atoms with Gasteiger partial charge in [-0.1, -0.05) is 35.1 Å². The first-order chi connectivity index (χ1) is 12.4. The fraction of sp³-hybridized carbons (Fsp3) is 0.263. The lowest BCUT2D eigenvalue weighted by atomic mass is 10.2. The molecule has 0 N–H and O–H groups in total. The zero-order chi connectivity index (χ0) is 18.8. The minimum absolute atomic E-state index is 0. The molecule has 0 aliphatic heterocycles. The monoisotopic (exact) mass is 535 g/mol. The van der Waals surface area contributed by atoms with Crippen LogP contribution in [0.15, 0.2) is 36.4 Å². The summed E-state index contributed by atoms with van der Waals surface area (Å²) in [5, 5.41) is 1.39. The van der Waals surface area contributed by atoms with Crippen molar-refractivity contribution in [3.63, 3.8) is 0 Å². The molecule has 3 aromatic rings. The van der Waals surface area contributed by atoms with Gasteiger partial charge in [0, 0.05) is 21.7 Å². The first-order valence-corrected chi connectivity index (χ1v) is 10.4. The number of carbonyl (C=O) groups excluding carboxylic acids is 1. The number of halogens is 3. The summed E-state index contributed by atoms with van der Waals surface area (Å²) in [6, 6.07) is 11.4. The van der Waals surface area contributed by atoms with E-state index in [1.807, 2.05) is 57.4 Å². The molecule has 0 bridgehead atoms. The first-order valence-electron chi connectivity index (χ1n) is 8.14. The lowest BCUT2D eigenvalue weighted by Gasteiger charge is -2.22. The van der Waals surface area contributed by atoms with Gasteiger partial charge in [0.2, 0.25) is 0 Å². The number of likely N-dealkylation sites (N-methyl/N-ethyl adjacent to an activating group) is 1. The number of benzene rings is 2. The summed E-state index contributed by atoms with van der Waals surface area (Å²) in [6.07, 6.45) is 0. The molecule has 1 aromatic heterocycles. The summed E-state index contributed by atoms with van der Waals surface area (Å²) >= 11 is 9.89. The number of nitrogens with zero attached hydrogens (tertiary/aromatic N) is 3. The standard InChI is InChI=1S/C19H19ClIN3OS.ClH/c1-12-10-13(20)11-16-17(12)22-19(26-16)24(9-8-23(2)3)18(25)14-6-4-5-7-15(14)21;/h4-7,10-11H,8-9H2,1-3H3;1H. The average Bonchev–Trinajstić information content (AvgIpc) is 2.99. The highest BCUT2D eigenvalue weighted by Gasteiger charge is 2.23. The molecule has 0 radical (unpaired) electrons. The number of aromatic nitrogens is 1. The SMILES string of the molecule is Cc1cc(Cl)cc2sc(N(CCN(C)C)C(=O)c3ccccc3I)nc12.Cl. The Kier molecular flexibility index (Phi) is 7.88. The van der Waals surface area contributed by atoms with E-state index >= 15 is 0 Å². The van der Waals surface area contributed by atoms with Gasteiger partial charge in [-0.05, 0) is 73.4 Å². The van der Waals surface area contributed by atoms with Crippen LogP contribution in [0.2, 0.25) is 5.02 Å². The van der Waals surface area contributed by atoms with Crippen LogP contribution in [0.25, 0.3) is 10.2 Å². The minimum atomic E-state index is -0.0281. The van der Waals surface area contributed by atoms with E-state index in [1.54, 1.807) is 4.90 Å². The van der Waals surface area contributed by atoms with Crippen LogP contribution in [0.5, 0.6) is 0 Å². The highest BCUT2D eigenvalue weighted by molar-refractivity contribution is 14.1. The second-order valence-corrected chi connectivity index (χ2v) is 8.91. The molecule has 144 valence electrons. The maximum Gasteiger partial charge on any atom is 0.261 e. The summed E-state index contributed by atoms with van der Waals surface area (Å²) in [6.45, 7) is 3.32. The van der Waals surface area contributed by atoms with Crippen molar-refractivity contribution >= 4 is 79.2 Å². The van der Waals surface area contributed by atoms with Crippen LogP contribution in [-0.4, -0.2) is 43.0 Å². The molecule has 1 amide bonds. The zero-order valence-electron chi connectivity index (χ0n) is 15.2. The molecular weight excluding hydrogens is 516 g/mol. The largest absolute Gasteiger partial charge is 0.308 e. The second-order valence-electron chi connectivity index (χ2n) is 6.31. The van der Waals surface area contributed by atoms with Gasteiger partial charge in [-0.3, -0.25) is 9.69 Å². The number of hydrogen-bond donors (Lipinski definition) is 0. The fourth-order valence-corrected chi connectivity index (χ4v) is 4.69. The average molecular weight is 536 g/mol. The van der Waals surface area contributed by atoms with Gasteiger partial charge >= 0.3 is 0 Å². The molecule has 3 rings (SSSR count). The van der Waals surface area contributed by atoms with Crippen molar-refractivity contribution in [2.75, 3.05) is 32.1 Å². The Hall–Kier alpha value is -0.930. The molecule has 0 atom stereocenters. The van der Waals surface area contributed by atoms with Crippen molar-refractivity contribution in [3.05, 3.63) is 56.1 Å². The summed E-state index contributed by atoms with van der Waals surface area (Å²) in [5.74, 6) is -0.0281. The van der Waals surface area contributed by atoms with E-state index in [4.69, 9.17) is 16.6 Å². The summed E-state index contributed by atoms with van der Waals surface area (Å²) < 4.78 is 1.93. The maximum atomic E-state index is 13.3. The molecule has 0 saturated carbocycles. The van der Waals surface area contributed by atoms with Gasteiger partial charge in [-0.15, -0.1) is 12.4 Å². The number of aryl methyl sites for hydroxylation is 1. The summed E-state index contributed by atoms with van der Waals surface area (Å²) in [4.78, 5) is 21.8. The highest BCUT2D eigenvalue weighted by Crippen LogP contribution is 2.33. The van der Waals surface area contributed by atoms with E-state index in [0.29, 0.717) is 22.3 Å². The molecule has 4 nitrogen and oxygen atoms in total. The molecule has 0 spiro atoms. The van der Waals surface area contributed by atoms with E-state index in [9.17, 15) is 4.79 Å². The molecule has 8 heteroatoms.